The van der Waals surface area contributed by atoms with Crippen LogP contribution in [0.15, 0.2) is 12.1 Å². The number of nitrogens with one attached hydrogen (secondary N) is 1. The van der Waals surface area contributed by atoms with Gasteiger partial charge in [-0.25, -0.2) is 0 Å². The van der Waals surface area contributed by atoms with Crippen LogP contribution in [-0.2, 0) is 0 Å². The SMILES string of the molecule is COc1cc(C(=O)N[C@H](C)[C@H]2C[C@@H]3CC[C@@H]2C3)cc(OC)c1OC. The smallest absolute Gasteiger partial charge is 0.251 e. The normalized spacial score (nSPS) is 26.1. The maximum atomic E-state index is 12.7. The number of ether oxygens (including phenoxy) is 3. The third-order valence-electron chi connectivity index (χ3n) is 5.72. The summed E-state index contributed by atoms with van der Waals surface area (Å²) < 4.78 is 16.0. The number of methoxy groups -OCH3 is 3. The van der Waals surface area contributed by atoms with Crippen molar-refractivity contribution in [3.05, 3.63) is 17.7 Å². The highest BCUT2D eigenvalue weighted by molar-refractivity contribution is 5.95. The van der Waals surface area contributed by atoms with Crippen LogP contribution in [0, 0.1) is 17.8 Å². The second-order valence-corrected chi connectivity index (χ2v) is 7.01. The van der Waals surface area contributed by atoms with Gasteiger partial charge in [0.2, 0.25) is 5.75 Å². The molecule has 5 heteroatoms. The second-order valence-electron chi connectivity index (χ2n) is 7.01. The molecule has 0 saturated heterocycles. The zero-order valence-electron chi connectivity index (χ0n) is 14.9. The highest BCUT2D eigenvalue weighted by Crippen LogP contribution is 2.49. The lowest BCUT2D eigenvalue weighted by molar-refractivity contribution is 0.0914. The molecule has 132 valence electrons. The van der Waals surface area contributed by atoms with Crippen molar-refractivity contribution in [2.24, 2.45) is 17.8 Å². The van der Waals surface area contributed by atoms with Crippen molar-refractivity contribution in [2.75, 3.05) is 21.3 Å². The molecule has 2 fully saturated rings. The molecular formula is C19H27NO4. The van der Waals surface area contributed by atoms with Gasteiger partial charge in [-0.05, 0) is 56.1 Å². The molecule has 2 aliphatic carbocycles. The van der Waals surface area contributed by atoms with Gasteiger partial charge < -0.3 is 19.5 Å². The molecule has 1 aromatic rings. The Morgan fingerprint density at radius 1 is 1.08 bits per heavy atom. The van der Waals surface area contributed by atoms with Gasteiger partial charge in [-0.15, -0.1) is 0 Å². The molecule has 0 aliphatic heterocycles. The van der Waals surface area contributed by atoms with Gasteiger partial charge in [-0.2, -0.15) is 0 Å². The molecule has 1 N–H and O–H groups in total. The lowest BCUT2D eigenvalue weighted by Crippen LogP contribution is -2.40. The van der Waals surface area contributed by atoms with E-state index in [1.54, 1.807) is 33.5 Å². The molecule has 2 aliphatic rings. The molecule has 2 saturated carbocycles. The maximum absolute atomic E-state index is 12.7. The first kappa shape index (κ1) is 16.9. The van der Waals surface area contributed by atoms with Gasteiger partial charge in [0.05, 0.1) is 21.3 Å². The molecule has 1 amide bonds. The summed E-state index contributed by atoms with van der Waals surface area (Å²) in [6.07, 6.45) is 5.28. The second kappa shape index (κ2) is 6.91. The number of amides is 1. The van der Waals surface area contributed by atoms with Crippen molar-refractivity contribution in [3.63, 3.8) is 0 Å². The van der Waals surface area contributed by atoms with E-state index in [4.69, 9.17) is 14.2 Å². The number of benzene rings is 1. The molecule has 4 atom stereocenters. The van der Waals surface area contributed by atoms with Gasteiger partial charge in [-0.3, -0.25) is 4.79 Å². The summed E-state index contributed by atoms with van der Waals surface area (Å²) in [5.74, 6) is 3.66. The van der Waals surface area contributed by atoms with E-state index in [1.165, 1.54) is 25.7 Å². The van der Waals surface area contributed by atoms with Crippen LogP contribution < -0.4 is 19.5 Å². The van der Waals surface area contributed by atoms with Crippen LogP contribution in [0.5, 0.6) is 17.2 Å². The van der Waals surface area contributed by atoms with E-state index in [9.17, 15) is 4.79 Å². The third kappa shape index (κ3) is 3.04. The average molecular weight is 333 g/mol. The van der Waals surface area contributed by atoms with Crippen LogP contribution in [0.2, 0.25) is 0 Å². The molecule has 0 unspecified atom stereocenters. The first-order valence-electron chi connectivity index (χ1n) is 8.68. The lowest BCUT2D eigenvalue weighted by atomic mass is 9.84. The summed E-state index contributed by atoms with van der Waals surface area (Å²) in [7, 11) is 4.66. The van der Waals surface area contributed by atoms with Gasteiger partial charge in [-0.1, -0.05) is 6.42 Å². The maximum Gasteiger partial charge on any atom is 0.251 e. The molecule has 0 radical (unpaired) electrons. The Morgan fingerprint density at radius 3 is 2.21 bits per heavy atom. The molecule has 0 spiro atoms. The van der Waals surface area contributed by atoms with Crippen molar-refractivity contribution in [1.29, 1.82) is 0 Å². The van der Waals surface area contributed by atoms with Crippen LogP contribution in [0.4, 0.5) is 0 Å². The predicted molar refractivity (Wildman–Crippen MR) is 92.0 cm³/mol. The molecule has 3 rings (SSSR count). The predicted octanol–water partition coefficient (Wildman–Crippen LogP) is 3.27. The molecule has 1 aromatic carbocycles. The third-order valence-corrected chi connectivity index (χ3v) is 5.72. The number of rotatable bonds is 6. The van der Waals surface area contributed by atoms with Crippen LogP contribution in [0.3, 0.4) is 0 Å². The number of fused-ring (bicyclic) bond motifs is 2. The summed E-state index contributed by atoms with van der Waals surface area (Å²) in [6, 6.07) is 3.58. The number of carbonyl (C=O) groups excluding carboxylic acids is 1. The fraction of sp³-hybridized carbons (Fsp3) is 0.632. The summed E-state index contributed by atoms with van der Waals surface area (Å²) in [5, 5.41) is 3.17. The lowest BCUT2D eigenvalue weighted by Gasteiger charge is -2.28. The summed E-state index contributed by atoms with van der Waals surface area (Å²) in [5.41, 5.74) is 0.527. The Hall–Kier alpha value is -1.91. The van der Waals surface area contributed by atoms with Crippen LogP contribution in [-0.4, -0.2) is 33.3 Å². The zero-order chi connectivity index (χ0) is 17.3. The quantitative estimate of drug-likeness (QED) is 0.868. The first-order chi connectivity index (χ1) is 11.6. The van der Waals surface area contributed by atoms with Crippen LogP contribution >= 0.6 is 0 Å². The van der Waals surface area contributed by atoms with E-state index >= 15 is 0 Å². The molecular weight excluding hydrogens is 306 g/mol. The van der Waals surface area contributed by atoms with Crippen molar-refractivity contribution < 1.29 is 19.0 Å². The molecule has 2 bridgehead atoms. The van der Waals surface area contributed by atoms with Crippen molar-refractivity contribution in [1.82, 2.24) is 5.32 Å². The Bertz CT molecular complexity index is 590. The molecule has 5 nitrogen and oxygen atoms in total. The van der Waals surface area contributed by atoms with Crippen molar-refractivity contribution >= 4 is 5.91 Å². The topological polar surface area (TPSA) is 56.8 Å². The molecule has 0 heterocycles. The minimum absolute atomic E-state index is 0.0930. The van der Waals surface area contributed by atoms with Crippen molar-refractivity contribution in [3.8, 4) is 17.2 Å². The average Bonchev–Trinajstić information content (AvgIpc) is 3.23. The molecule has 24 heavy (non-hydrogen) atoms. The first-order valence-corrected chi connectivity index (χ1v) is 8.68. The fourth-order valence-electron chi connectivity index (χ4n) is 4.52. The summed E-state index contributed by atoms with van der Waals surface area (Å²) in [4.78, 5) is 12.7. The van der Waals surface area contributed by atoms with Gasteiger partial charge in [0.25, 0.3) is 5.91 Å². The van der Waals surface area contributed by atoms with Crippen LogP contribution in [0.25, 0.3) is 0 Å². The van der Waals surface area contributed by atoms with E-state index < -0.39 is 0 Å². The minimum Gasteiger partial charge on any atom is -0.493 e. The number of hydrogen-bond acceptors (Lipinski definition) is 4. The van der Waals surface area contributed by atoms with Gasteiger partial charge in [0, 0.05) is 11.6 Å². The van der Waals surface area contributed by atoms with E-state index in [2.05, 4.69) is 12.2 Å². The fourth-order valence-corrected chi connectivity index (χ4v) is 4.52. The Balaban J connectivity index is 1.74. The van der Waals surface area contributed by atoms with Crippen LogP contribution in [0.1, 0.15) is 43.0 Å². The Labute approximate surface area is 143 Å². The largest absolute Gasteiger partial charge is 0.493 e. The van der Waals surface area contributed by atoms with Gasteiger partial charge in [0.1, 0.15) is 0 Å². The van der Waals surface area contributed by atoms with E-state index in [0.29, 0.717) is 28.7 Å². The van der Waals surface area contributed by atoms with Gasteiger partial charge >= 0.3 is 0 Å². The summed E-state index contributed by atoms with van der Waals surface area (Å²) in [6.45, 7) is 2.13. The highest BCUT2D eigenvalue weighted by atomic mass is 16.5. The zero-order valence-corrected chi connectivity index (χ0v) is 14.9. The Morgan fingerprint density at radius 2 is 1.75 bits per heavy atom. The highest BCUT2D eigenvalue weighted by Gasteiger charge is 2.42. The van der Waals surface area contributed by atoms with E-state index in [0.717, 1.165) is 11.8 Å². The standard InChI is InChI=1S/C19H27NO4/c1-11(15-8-12-5-6-13(15)7-12)20-19(21)14-9-16(22-2)18(24-4)17(10-14)23-3/h9-13,15H,5-8H2,1-4H3,(H,20,21)/t11-,12-,13-,15-/m1/s1. The summed E-state index contributed by atoms with van der Waals surface area (Å²) >= 11 is 0. The van der Waals surface area contributed by atoms with E-state index in [-0.39, 0.29) is 11.9 Å². The monoisotopic (exact) mass is 333 g/mol. The van der Waals surface area contributed by atoms with E-state index in [1.807, 2.05) is 0 Å². The van der Waals surface area contributed by atoms with Crippen molar-refractivity contribution in [2.45, 2.75) is 38.6 Å². The van der Waals surface area contributed by atoms with Gasteiger partial charge in [0.15, 0.2) is 11.5 Å². The number of hydrogen-bond donors (Lipinski definition) is 1. The Kier molecular flexibility index (Phi) is 4.88. The minimum atomic E-state index is -0.0930. The molecule has 0 aromatic heterocycles. The number of carbonyl (C=O) groups is 1.